The highest BCUT2D eigenvalue weighted by atomic mass is 16.5. The molecule has 152 valence electrons. The van der Waals surface area contributed by atoms with Gasteiger partial charge in [-0.2, -0.15) is 0 Å². The first kappa shape index (κ1) is 19.2. The van der Waals surface area contributed by atoms with Crippen LogP contribution < -0.4 is 20.7 Å². The molecule has 1 atom stereocenters. The third kappa shape index (κ3) is 4.47. The maximum atomic E-state index is 10.1. The number of amidine groups is 1. The fourth-order valence-corrected chi connectivity index (χ4v) is 3.67. The van der Waals surface area contributed by atoms with E-state index in [1.54, 1.807) is 11.1 Å². The first-order chi connectivity index (χ1) is 13.7. The molecule has 8 nitrogen and oxygen atoms in total. The smallest absolute Gasteiger partial charge is 0.227 e. The molecule has 4 N–H and O–H groups in total. The van der Waals surface area contributed by atoms with Gasteiger partial charge in [0.15, 0.2) is 17.3 Å². The maximum absolute atomic E-state index is 10.1. The third-order valence-electron chi connectivity index (χ3n) is 5.31. The molecule has 1 unspecified atom stereocenters. The van der Waals surface area contributed by atoms with E-state index in [2.05, 4.69) is 38.0 Å². The van der Waals surface area contributed by atoms with Gasteiger partial charge in [-0.1, -0.05) is 6.07 Å². The third-order valence-corrected chi connectivity index (χ3v) is 5.31. The van der Waals surface area contributed by atoms with Crippen LogP contribution in [0.4, 0.5) is 5.69 Å². The number of anilines is 1. The zero-order valence-electron chi connectivity index (χ0n) is 16.4. The molecule has 1 fully saturated rings. The van der Waals surface area contributed by atoms with Crippen LogP contribution >= 0.6 is 0 Å². The summed E-state index contributed by atoms with van der Waals surface area (Å²) in [5, 5.41) is 20.3. The van der Waals surface area contributed by atoms with Gasteiger partial charge in [-0.15, -0.1) is 0 Å². The number of rotatable bonds is 7. The minimum absolute atomic E-state index is 0.575. The summed E-state index contributed by atoms with van der Waals surface area (Å²) in [7, 11) is 0. The monoisotopic (exact) mass is 386 g/mol. The zero-order chi connectivity index (χ0) is 19.3. The summed E-state index contributed by atoms with van der Waals surface area (Å²) in [6.07, 6.45) is 2.09. The highest BCUT2D eigenvalue weighted by Gasteiger charge is 2.27. The van der Waals surface area contributed by atoms with Crippen LogP contribution in [0, 0.1) is 0 Å². The fourth-order valence-electron chi connectivity index (χ4n) is 3.67. The second kappa shape index (κ2) is 8.91. The van der Waals surface area contributed by atoms with Crippen molar-refractivity contribution in [1.82, 2.24) is 20.4 Å². The standard InChI is InChI=1S/C20H30N6O2/c1-2-26-14-18-19(24-20(26)27)23-16-12-15(4-5-17(16)28-18)13-22-6-3-9-25-10-7-21-8-11-25/h4-5,12,14,20-22,27H,2-3,6-11,13H2,1H3,(H,23,24). The normalized spacial score (nSPS) is 21.8. The lowest BCUT2D eigenvalue weighted by molar-refractivity contribution is 0.0441. The Balaban J connectivity index is 1.29. The van der Waals surface area contributed by atoms with E-state index in [1.807, 2.05) is 13.0 Å². The van der Waals surface area contributed by atoms with Crippen molar-refractivity contribution in [3.05, 3.63) is 35.7 Å². The summed E-state index contributed by atoms with van der Waals surface area (Å²) in [5.41, 5.74) is 2.07. The first-order valence-corrected chi connectivity index (χ1v) is 10.2. The van der Waals surface area contributed by atoms with E-state index in [9.17, 15) is 5.11 Å². The van der Waals surface area contributed by atoms with Gasteiger partial charge in [-0.3, -0.25) is 0 Å². The van der Waals surface area contributed by atoms with Gasteiger partial charge in [0.1, 0.15) is 0 Å². The van der Waals surface area contributed by atoms with E-state index in [0.717, 1.165) is 63.7 Å². The Bertz CT molecular complexity index is 744. The topological polar surface area (TPSA) is 84.4 Å². The highest BCUT2D eigenvalue weighted by molar-refractivity contribution is 6.09. The van der Waals surface area contributed by atoms with Crippen molar-refractivity contribution in [2.24, 2.45) is 4.99 Å². The molecule has 1 aromatic carbocycles. The van der Waals surface area contributed by atoms with Gasteiger partial charge in [0.05, 0.1) is 11.9 Å². The van der Waals surface area contributed by atoms with Crippen LogP contribution in [0.25, 0.3) is 0 Å². The van der Waals surface area contributed by atoms with E-state index >= 15 is 0 Å². The molecule has 0 radical (unpaired) electrons. The molecule has 1 saturated heterocycles. The summed E-state index contributed by atoms with van der Waals surface area (Å²) in [6.45, 7) is 10.1. The van der Waals surface area contributed by atoms with Gasteiger partial charge in [0, 0.05) is 39.3 Å². The van der Waals surface area contributed by atoms with Crippen molar-refractivity contribution in [2.45, 2.75) is 26.2 Å². The van der Waals surface area contributed by atoms with Gasteiger partial charge in [-0.25, -0.2) is 4.99 Å². The van der Waals surface area contributed by atoms with Crippen molar-refractivity contribution in [3.8, 4) is 5.75 Å². The Morgan fingerprint density at radius 2 is 2.18 bits per heavy atom. The van der Waals surface area contributed by atoms with Crippen LogP contribution in [-0.2, 0) is 6.54 Å². The number of nitrogens with zero attached hydrogens (tertiary/aromatic N) is 3. The summed E-state index contributed by atoms with van der Waals surface area (Å²) in [6, 6.07) is 6.15. The number of hydrogen-bond acceptors (Lipinski definition) is 8. The van der Waals surface area contributed by atoms with Crippen molar-refractivity contribution >= 4 is 11.5 Å². The van der Waals surface area contributed by atoms with E-state index in [-0.39, 0.29) is 0 Å². The minimum atomic E-state index is -0.873. The number of nitrogens with one attached hydrogen (secondary N) is 3. The van der Waals surface area contributed by atoms with Gasteiger partial charge in [0.2, 0.25) is 6.35 Å². The SMILES string of the molecule is CCN1C=C2Oc3ccc(CNCCCN4CCNCC4)cc3NC2=NC1O. The van der Waals surface area contributed by atoms with E-state index in [1.165, 1.54) is 5.56 Å². The number of piperazine rings is 1. The van der Waals surface area contributed by atoms with Crippen LogP contribution in [0.2, 0.25) is 0 Å². The second-order valence-corrected chi connectivity index (χ2v) is 7.33. The van der Waals surface area contributed by atoms with Crippen LogP contribution in [0.1, 0.15) is 18.9 Å². The van der Waals surface area contributed by atoms with Crippen molar-refractivity contribution in [3.63, 3.8) is 0 Å². The quantitative estimate of drug-likeness (QED) is 0.514. The summed E-state index contributed by atoms with van der Waals surface area (Å²) >= 11 is 0. The van der Waals surface area contributed by atoms with E-state index in [4.69, 9.17) is 4.74 Å². The first-order valence-electron chi connectivity index (χ1n) is 10.2. The highest BCUT2D eigenvalue weighted by Crippen LogP contribution is 2.33. The van der Waals surface area contributed by atoms with Crippen LogP contribution in [0.15, 0.2) is 35.2 Å². The molecule has 8 heteroatoms. The molecule has 0 saturated carbocycles. The Labute approximate surface area is 166 Å². The molecule has 0 bridgehead atoms. The second-order valence-electron chi connectivity index (χ2n) is 7.33. The Morgan fingerprint density at radius 1 is 1.32 bits per heavy atom. The molecule has 3 aliphatic rings. The van der Waals surface area contributed by atoms with Crippen molar-refractivity contribution in [2.75, 3.05) is 51.1 Å². The molecule has 0 aliphatic carbocycles. The maximum Gasteiger partial charge on any atom is 0.227 e. The average Bonchev–Trinajstić information content (AvgIpc) is 2.72. The van der Waals surface area contributed by atoms with Gasteiger partial charge < -0.3 is 35.6 Å². The summed E-state index contributed by atoms with van der Waals surface area (Å²) in [5.74, 6) is 1.99. The van der Waals surface area contributed by atoms with E-state index < -0.39 is 6.35 Å². The lowest BCUT2D eigenvalue weighted by Crippen LogP contribution is -2.44. The predicted octanol–water partition coefficient (Wildman–Crippen LogP) is 0.727. The number of hydrogen-bond donors (Lipinski definition) is 4. The summed E-state index contributed by atoms with van der Waals surface area (Å²) in [4.78, 5) is 8.53. The van der Waals surface area contributed by atoms with Gasteiger partial charge >= 0.3 is 0 Å². The molecular weight excluding hydrogens is 356 g/mol. The number of aliphatic hydroxyl groups is 1. The van der Waals surface area contributed by atoms with E-state index in [0.29, 0.717) is 18.1 Å². The minimum Gasteiger partial charge on any atom is -0.450 e. The van der Waals surface area contributed by atoms with Crippen LogP contribution in [0.3, 0.4) is 0 Å². The molecule has 28 heavy (non-hydrogen) atoms. The predicted molar refractivity (Wildman–Crippen MR) is 110 cm³/mol. The molecule has 3 aliphatic heterocycles. The Kier molecular flexibility index (Phi) is 6.11. The molecule has 0 aromatic heterocycles. The molecular formula is C20H30N6O2. The largest absolute Gasteiger partial charge is 0.450 e. The average molecular weight is 387 g/mol. The van der Waals surface area contributed by atoms with Gasteiger partial charge in [0.25, 0.3) is 0 Å². The number of fused-ring (bicyclic) bond motifs is 2. The molecule has 0 amide bonds. The number of aliphatic imine (C=N–C) groups is 1. The number of benzene rings is 1. The lowest BCUT2D eigenvalue weighted by atomic mass is 10.1. The van der Waals surface area contributed by atoms with Crippen molar-refractivity contribution in [1.29, 1.82) is 0 Å². The Morgan fingerprint density at radius 3 is 3.00 bits per heavy atom. The van der Waals surface area contributed by atoms with Gasteiger partial charge in [-0.05, 0) is 44.1 Å². The molecule has 0 spiro atoms. The van der Waals surface area contributed by atoms with Crippen LogP contribution in [-0.4, -0.2) is 72.9 Å². The molecule has 3 heterocycles. The number of aliphatic hydroxyl groups excluding tert-OH is 1. The Hall–Kier alpha value is -2.13. The van der Waals surface area contributed by atoms with Crippen molar-refractivity contribution < 1.29 is 9.84 Å². The fraction of sp³-hybridized carbons (Fsp3) is 0.550. The molecule has 1 aromatic rings. The van der Waals surface area contributed by atoms with Crippen LogP contribution in [0.5, 0.6) is 5.75 Å². The summed E-state index contributed by atoms with van der Waals surface area (Å²) < 4.78 is 5.97. The lowest BCUT2D eigenvalue weighted by Gasteiger charge is -2.32. The molecule has 4 rings (SSSR count). The number of ether oxygens (including phenoxy) is 1. The zero-order valence-corrected chi connectivity index (χ0v) is 16.4.